The van der Waals surface area contributed by atoms with Crippen LogP contribution in [-0.2, 0) is 0 Å². The van der Waals surface area contributed by atoms with Crippen LogP contribution in [-0.4, -0.2) is 30.8 Å². The largest absolute Gasteiger partial charge is 0.493 e. The Morgan fingerprint density at radius 1 is 1.56 bits per heavy atom. The summed E-state index contributed by atoms with van der Waals surface area (Å²) in [6.45, 7) is 1.59. The van der Waals surface area contributed by atoms with E-state index in [2.05, 4.69) is 5.32 Å². The molecule has 0 saturated carbocycles. The van der Waals surface area contributed by atoms with Gasteiger partial charge in [0.05, 0.1) is 13.7 Å². The molecule has 1 aromatic carbocycles. The molecule has 1 aromatic heterocycles. The fourth-order valence-corrected chi connectivity index (χ4v) is 1.65. The van der Waals surface area contributed by atoms with E-state index in [1.54, 1.807) is 26.2 Å². The van der Waals surface area contributed by atoms with Crippen LogP contribution >= 0.6 is 0 Å². The van der Waals surface area contributed by atoms with Crippen molar-refractivity contribution in [2.45, 2.75) is 13.0 Å². The first kappa shape index (κ1) is 12.4. The molecule has 0 fully saturated rings. The molecule has 1 amide bonds. The second-order valence-electron chi connectivity index (χ2n) is 4.05. The number of nitrogens with one attached hydrogen (secondary N) is 1. The molecule has 5 nitrogen and oxygen atoms in total. The normalized spacial score (nSPS) is 12.4. The first-order valence-corrected chi connectivity index (χ1v) is 5.64. The molecule has 0 aliphatic carbocycles. The molecule has 2 N–H and O–H groups in total. The van der Waals surface area contributed by atoms with Crippen molar-refractivity contribution in [2.24, 2.45) is 0 Å². The van der Waals surface area contributed by atoms with Crippen molar-refractivity contribution in [1.82, 2.24) is 5.32 Å². The van der Waals surface area contributed by atoms with Gasteiger partial charge in [0.1, 0.15) is 0 Å². The van der Waals surface area contributed by atoms with Gasteiger partial charge < -0.3 is 19.6 Å². The predicted octanol–water partition coefficient (Wildman–Crippen LogP) is 1.55. The number of para-hydroxylation sites is 1. The topological polar surface area (TPSA) is 71.7 Å². The minimum absolute atomic E-state index is 0.116. The molecule has 0 aliphatic heterocycles. The Kier molecular flexibility index (Phi) is 3.53. The molecule has 2 aromatic rings. The molecule has 0 aliphatic rings. The fourth-order valence-electron chi connectivity index (χ4n) is 1.65. The lowest BCUT2D eigenvalue weighted by atomic mass is 10.2. The summed E-state index contributed by atoms with van der Waals surface area (Å²) in [4.78, 5) is 11.8. The van der Waals surface area contributed by atoms with Gasteiger partial charge in [-0.15, -0.1) is 0 Å². The van der Waals surface area contributed by atoms with Crippen LogP contribution in [0, 0.1) is 0 Å². The van der Waals surface area contributed by atoms with Crippen LogP contribution in [0.1, 0.15) is 17.5 Å². The van der Waals surface area contributed by atoms with Crippen molar-refractivity contribution in [3.8, 4) is 5.75 Å². The Morgan fingerprint density at radius 3 is 3.00 bits per heavy atom. The number of amides is 1. The van der Waals surface area contributed by atoms with Gasteiger partial charge >= 0.3 is 0 Å². The molecule has 0 radical (unpaired) electrons. The van der Waals surface area contributed by atoms with Crippen molar-refractivity contribution in [1.29, 1.82) is 0 Å². The highest BCUT2D eigenvalue weighted by Gasteiger charge is 2.16. The maximum absolute atomic E-state index is 11.8. The predicted molar refractivity (Wildman–Crippen MR) is 66.8 cm³/mol. The highest BCUT2D eigenvalue weighted by atomic mass is 16.5. The number of carbonyl (C=O) groups is 1. The summed E-state index contributed by atoms with van der Waals surface area (Å²) in [5.74, 6) is 0.436. The van der Waals surface area contributed by atoms with Gasteiger partial charge in [-0.3, -0.25) is 4.79 Å². The Morgan fingerprint density at radius 2 is 2.33 bits per heavy atom. The first-order valence-electron chi connectivity index (χ1n) is 5.64. The van der Waals surface area contributed by atoms with E-state index in [0.29, 0.717) is 11.3 Å². The Bertz CT molecular complexity index is 561. The van der Waals surface area contributed by atoms with Gasteiger partial charge in [0.25, 0.3) is 5.91 Å². The van der Waals surface area contributed by atoms with Gasteiger partial charge in [-0.05, 0) is 19.1 Å². The van der Waals surface area contributed by atoms with E-state index in [1.165, 1.54) is 0 Å². The average molecular weight is 249 g/mol. The number of carbonyl (C=O) groups excluding carboxylic acids is 1. The molecule has 5 heteroatoms. The molecule has 0 bridgehead atoms. The van der Waals surface area contributed by atoms with Gasteiger partial charge in [0.15, 0.2) is 17.1 Å². The molecule has 0 saturated heterocycles. The van der Waals surface area contributed by atoms with Crippen LogP contribution < -0.4 is 10.1 Å². The SMILES string of the molecule is COc1cccc2cc(C(=O)N[C@@H](C)CO)oc12. The second kappa shape index (κ2) is 5.10. The standard InChI is InChI=1S/C13H15NO4/c1-8(7-15)14-13(16)11-6-9-4-3-5-10(17-2)12(9)18-11/h3-6,8,15H,7H2,1-2H3,(H,14,16)/t8-/m0/s1. The third-order valence-corrected chi connectivity index (χ3v) is 2.60. The van der Waals surface area contributed by atoms with Crippen molar-refractivity contribution in [3.05, 3.63) is 30.0 Å². The lowest BCUT2D eigenvalue weighted by Gasteiger charge is -2.08. The fraction of sp³-hybridized carbons (Fsp3) is 0.308. The number of aliphatic hydroxyl groups is 1. The number of rotatable bonds is 4. The van der Waals surface area contributed by atoms with Gasteiger partial charge in [-0.2, -0.15) is 0 Å². The molecule has 0 spiro atoms. The van der Waals surface area contributed by atoms with Gasteiger partial charge in [-0.25, -0.2) is 0 Å². The van der Waals surface area contributed by atoms with Crippen molar-refractivity contribution in [3.63, 3.8) is 0 Å². The van der Waals surface area contributed by atoms with Crippen molar-refractivity contribution < 1.29 is 19.1 Å². The quantitative estimate of drug-likeness (QED) is 0.862. The summed E-state index contributed by atoms with van der Waals surface area (Å²) in [5.41, 5.74) is 0.543. The van der Waals surface area contributed by atoms with E-state index in [1.807, 2.05) is 12.1 Å². The minimum atomic E-state index is -0.352. The summed E-state index contributed by atoms with van der Waals surface area (Å²) in [5, 5.41) is 12.3. The van der Waals surface area contributed by atoms with E-state index in [-0.39, 0.29) is 24.3 Å². The molecule has 1 heterocycles. The lowest BCUT2D eigenvalue weighted by Crippen LogP contribution is -2.34. The number of ether oxygens (including phenoxy) is 1. The summed E-state index contributed by atoms with van der Waals surface area (Å²) in [6.07, 6.45) is 0. The van der Waals surface area contributed by atoms with Crippen LogP contribution in [0.2, 0.25) is 0 Å². The highest BCUT2D eigenvalue weighted by molar-refractivity contribution is 5.97. The zero-order valence-corrected chi connectivity index (χ0v) is 10.3. The third-order valence-electron chi connectivity index (χ3n) is 2.60. The summed E-state index contributed by atoms with van der Waals surface area (Å²) < 4.78 is 10.6. The van der Waals surface area contributed by atoms with Crippen molar-refractivity contribution in [2.75, 3.05) is 13.7 Å². The van der Waals surface area contributed by atoms with Gasteiger partial charge in [0, 0.05) is 11.4 Å². The van der Waals surface area contributed by atoms with Gasteiger partial charge in [-0.1, -0.05) is 12.1 Å². The molecule has 1 atom stereocenters. The van der Waals surface area contributed by atoms with Crippen LogP contribution in [0.3, 0.4) is 0 Å². The van der Waals surface area contributed by atoms with E-state index in [9.17, 15) is 4.79 Å². The molecular weight excluding hydrogens is 234 g/mol. The molecule has 0 unspecified atom stereocenters. The van der Waals surface area contributed by atoms with Crippen LogP contribution in [0.4, 0.5) is 0 Å². The smallest absolute Gasteiger partial charge is 0.287 e. The average Bonchev–Trinajstić information content (AvgIpc) is 2.82. The zero-order valence-electron chi connectivity index (χ0n) is 10.3. The lowest BCUT2D eigenvalue weighted by molar-refractivity contribution is 0.0896. The number of fused-ring (bicyclic) bond motifs is 1. The van der Waals surface area contributed by atoms with E-state index in [4.69, 9.17) is 14.3 Å². The summed E-state index contributed by atoms with van der Waals surface area (Å²) in [6, 6.07) is 6.77. The highest BCUT2D eigenvalue weighted by Crippen LogP contribution is 2.28. The first-order chi connectivity index (χ1) is 8.65. The Balaban J connectivity index is 2.32. The van der Waals surface area contributed by atoms with E-state index >= 15 is 0 Å². The molecule has 2 rings (SSSR count). The minimum Gasteiger partial charge on any atom is -0.493 e. The third kappa shape index (κ3) is 2.31. The number of hydrogen-bond acceptors (Lipinski definition) is 4. The molecular formula is C13H15NO4. The Labute approximate surface area is 104 Å². The van der Waals surface area contributed by atoms with Crippen LogP contribution in [0.5, 0.6) is 5.75 Å². The van der Waals surface area contributed by atoms with Crippen LogP contribution in [0.25, 0.3) is 11.0 Å². The van der Waals surface area contributed by atoms with Gasteiger partial charge in [0.2, 0.25) is 0 Å². The number of aliphatic hydroxyl groups excluding tert-OH is 1. The number of hydrogen-bond donors (Lipinski definition) is 2. The molecule has 18 heavy (non-hydrogen) atoms. The Hall–Kier alpha value is -2.01. The maximum Gasteiger partial charge on any atom is 0.287 e. The van der Waals surface area contributed by atoms with Crippen LogP contribution in [0.15, 0.2) is 28.7 Å². The second-order valence-corrected chi connectivity index (χ2v) is 4.05. The van der Waals surface area contributed by atoms with E-state index in [0.717, 1.165) is 5.39 Å². The number of benzene rings is 1. The zero-order chi connectivity index (χ0) is 13.1. The monoisotopic (exact) mass is 249 g/mol. The van der Waals surface area contributed by atoms with E-state index < -0.39 is 0 Å². The maximum atomic E-state index is 11.8. The summed E-state index contributed by atoms with van der Waals surface area (Å²) in [7, 11) is 1.55. The number of furan rings is 1. The summed E-state index contributed by atoms with van der Waals surface area (Å²) >= 11 is 0. The molecule has 96 valence electrons. The van der Waals surface area contributed by atoms with Crippen molar-refractivity contribution >= 4 is 16.9 Å². The number of methoxy groups -OCH3 is 1.